The van der Waals surface area contributed by atoms with Crippen LogP contribution in [0.2, 0.25) is 0 Å². The van der Waals surface area contributed by atoms with Crippen LogP contribution in [0.3, 0.4) is 0 Å². The summed E-state index contributed by atoms with van der Waals surface area (Å²) >= 11 is 0. The van der Waals surface area contributed by atoms with Gasteiger partial charge in [-0.1, -0.05) is 0 Å². The zero-order chi connectivity index (χ0) is 18.5. The van der Waals surface area contributed by atoms with Gasteiger partial charge in [-0.05, 0) is 38.7 Å². The molecule has 8 nitrogen and oxygen atoms in total. The Morgan fingerprint density at radius 1 is 1.31 bits per heavy atom. The summed E-state index contributed by atoms with van der Waals surface area (Å²) in [6, 6.07) is 0. The number of amides is 1. The average Bonchev–Trinajstić information content (AvgIpc) is 2.98. The lowest BCUT2D eigenvalue weighted by molar-refractivity contribution is -0.133. The summed E-state index contributed by atoms with van der Waals surface area (Å²) in [6.07, 6.45) is 5.99. The molecule has 1 aliphatic heterocycles. The minimum atomic E-state index is -0.101. The zero-order valence-electron chi connectivity index (χ0n) is 15.5. The number of hydrogen-bond donors (Lipinski definition) is 1. The van der Waals surface area contributed by atoms with Crippen molar-refractivity contribution < 1.29 is 14.3 Å². The number of aryl methyl sites for hydroxylation is 2. The number of aromatic nitrogens is 4. The second-order valence-electron chi connectivity index (χ2n) is 6.51. The van der Waals surface area contributed by atoms with Crippen molar-refractivity contribution in [3.05, 3.63) is 29.3 Å². The highest BCUT2D eigenvalue weighted by atomic mass is 16.5. The van der Waals surface area contributed by atoms with Gasteiger partial charge < -0.3 is 14.4 Å². The zero-order valence-corrected chi connectivity index (χ0v) is 15.5. The number of methoxy groups -OCH3 is 1. The summed E-state index contributed by atoms with van der Waals surface area (Å²) in [5.74, 6) is 0.880. The van der Waals surface area contributed by atoms with Crippen LogP contribution < -0.4 is 9.47 Å². The molecule has 1 N–H and O–H groups in total. The molecule has 2 aromatic rings. The van der Waals surface area contributed by atoms with Gasteiger partial charge in [0.15, 0.2) is 0 Å². The first kappa shape index (κ1) is 18.2. The van der Waals surface area contributed by atoms with Crippen LogP contribution in [0, 0.1) is 13.8 Å². The molecule has 8 heteroatoms. The van der Waals surface area contributed by atoms with Gasteiger partial charge in [0.25, 0.3) is 11.8 Å². The summed E-state index contributed by atoms with van der Waals surface area (Å²) in [7, 11) is 1.54. The predicted molar refractivity (Wildman–Crippen MR) is 95.2 cm³/mol. The van der Waals surface area contributed by atoms with Gasteiger partial charge in [-0.3, -0.25) is 9.89 Å². The Balaban J connectivity index is 1.56. The molecule has 1 amide bonds. The molecule has 1 saturated heterocycles. The molecule has 3 rings (SSSR count). The highest BCUT2D eigenvalue weighted by Gasteiger charge is 2.26. The van der Waals surface area contributed by atoms with Crippen molar-refractivity contribution in [3.8, 4) is 11.8 Å². The van der Waals surface area contributed by atoms with Gasteiger partial charge in [0.1, 0.15) is 6.10 Å². The Morgan fingerprint density at radius 2 is 2.08 bits per heavy atom. The van der Waals surface area contributed by atoms with Crippen LogP contribution in [0.4, 0.5) is 0 Å². The Labute approximate surface area is 152 Å². The molecule has 0 aliphatic carbocycles. The molecule has 1 unspecified atom stereocenters. The Kier molecular flexibility index (Phi) is 5.70. The van der Waals surface area contributed by atoms with Crippen LogP contribution in [0.1, 0.15) is 36.2 Å². The van der Waals surface area contributed by atoms with Gasteiger partial charge in [-0.25, -0.2) is 9.97 Å². The van der Waals surface area contributed by atoms with Gasteiger partial charge in [0.05, 0.1) is 19.3 Å². The standard InChI is InChI=1S/C18H25N5O3/c1-12-15(13(2)22-21-12)6-7-16(24)23-10-4-5-14(11-23)26-18-17(25-3)19-8-9-20-18/h8-9,14H,4-7,10-11H2,1-3H3,(H,21,22). The monoisotopic (exact) mass is 359 g/mol. The van der Waals surface area contributed by atoms with E-state index in [1.165, 1.54) is 7.11 Å². The number of hydrogen-bond acceptors (Lipinski definition) is 6. The van der Waals surface area contributed by atoms with Crippen molar-refractivity contribution in [2.45, 2.75) is 45.6 Å². The minimum Gasteiger partial charge on any atom is -0.477 e. The third-order valence-corrected chi connectivity index (χ3v) is 4.71. The molecular formula is C18H25N5O3. The van der Waals surface area contributed by atoms with Crippen LogP contribution in [-0.2, 0) is 11.2 Å². The van der Waals surface area contributed by atoms with Gasteiger partial charge in [-0.2, -0.15) is 5.10 Å². The summed E-state index contributed by atoms with van der Waals surface area (Å²) < 4.78 is 11.1. The molecule has 1 aliphatic rings. The second kappa shape index (κ2) is 8.16. The van der Waals surface area contributed by atoms with Crippen molar-refractivity contribution in [3.63, 3.8) is 0 Å². The number of carbonyl (C=O) groups is 1. The lowest BCUT2D eigenvalue weighted by Gasteiger charge is -2.32. The van der Waals surface area contributed by atoms with Crippen molar-refractivity contribution in [2.75, 3.05) is 20.2 Å². The molecule has 0 saturated carbocycles. The van der Waals surface area contributed by atoms with E-state index >= 15 is 0 Å². The molecule has 0 bridgehead atoms. The van der Waals surface area contributed by atoms with Crippen LogP contribution in [0.25, 0.3) is 0 Å². The van der Waals surface area contributed by atoms with Crippen molar-refractivity contribution in [2.24, 2.45) is 0 Å². The SMILES string of the molecule is COc1nccnc1OC1CCCN(C(=O)CCc2c(C)n[nH]c2C)C1. The first-order chi connectivity index (χ1) is 12.6. The quantitative estimate of drug-likeness (QED) is 0.846. The Morgan fingerprint density at radius 3 is 2.77 bits per heavy atom. The third-order valence-electron chi connectivity index (χ3n) is 4.71. The molecule has 0 aromatic carbocycles. The topological polar surface area (TPSA) is 93.2 Å². The van der Waals surface area contributed by atoms with Crippen LogP contribution in [0.15, 0.2) is 12.4 Å². The van der Waals surface area contributed by atoms with Gasteiger partial charge in [0.2, 0.25) is 5.91 Å². The van der Waals surface area contributed by atoms with E-state index in [0.717, 1.165) is 36.3 Å². The van der Waals surface area contributed by atoms with Crippen molar-refractivity contribution >= 4 is 5.91 Å². The molecule has 1 fully saturated rings. The average molecular weight is 359 g/mol. The van der Waals surface area contributed by atoms with Crippen LogP contribution >= 0.6 is 0 Å². The number of nitrogens with zero attached hydrogens (tertiary/aromatic N) is 4. The smallest absolute Gasteiger partial charge is 0.278 e. The largest absolute Gasteiger partial charge is 0.477 e. The van der Waals surface area contributed by atoms with Crippen LogP contribution in [-0.4, -0.2) is 57.3 Å². The molecule has 1 atom stereocenters. The van der Waals surface area contributed by atoms with Crippen molar-refractivity contribution in [1.29, 1.82) is 0 Å². The van der Waals surface area contributed by atoms with E-state index in [2.05, 4.69) is 20.2 Å². The number of ether oxygens (including phenoxy) is 2. The molecule has 0 spiro atoms. The second-order valence-corrected chi connectivity index (χ2v) is 6.51. The van der Waals surface area contributed by atoms with Gasteiger partial charge in [0, 0.05) is 31.1 Å². The molecule has 26 heavy (non-hydrogen) atoms. The number of likely N-dealkylation sites (tertiary alicyclic amines) is 1. The first-order valence-electron chi connectivity index (χ1n) is 8.88. The molecule has 0 radical (unpaired) electrons. The van der Waals surface area contributed by atoms with E-state index in [-0.39, 0.29) is 12.0 Å². The van der Waals surface area contributed by atoms with E-state index in [1.54, 1.807) is 12.4 Å². The Hall–Kier alpha value is -2.64. The first-order valence-corrected chi connectivity index (χ1v) is 8.88. The van der Waals surface area contributed by atoms with Crippen LogP contribution in [0.5, 0.6) is 11.8 Å². The number of rotatable bonds is 6. The fourth-order valence-electron chi connectivity index (χ4n) is 3.28. The van der Waals surface area contributed by atoms with Crippen molar-refractivity contribution in [1.82, 2.24) is 25.1 Å². The highest BCUT2D eigenvalue weighted by Crippen LogP contribution is 2.24. The highest BCUT2D eigenvalue weighted by molar-refractivity contribution is 5.76. The number of carbonyl (C=O) groups excluding carboxylic acids is 1. The molecular weight excluding hydrogens is 334 g/mol. The lowest BCUT2D eigenvalue weighted by atomic mass is 10.0. The summed E-state index contributed by atoms with van der Waals surface area (Å²) in [5.41, 5.74) is 3.13. The summed E-state index contributed by atoms with van der Waals surface area (Å²) in [4.78, 5) is 22.8. The molecule has 3 heterocycles. The van der Waals surface area contributed by atoms with Gasteiger partial charge >= 0.3 is 0 Å². The fraction of sp³-hybridized carbons (Fsp3) is 0.556. The molecule has 140 valence electrons. The third kappa shape index (κ3) is 4.12. The molecule has 2 aromatic heterocycles. The number of piperidine rings is 1. The fourth-order valence-corrected chi connectivity index (χ4v) is 3.28. The van der Waals surface area contributed by atoms with E-state index < -0.39 is 0 Å². The summed E-state index contributed by atoms with van der Waals surface area (Å²) in [6.45, 7) is 5.27. The summed E-state index contributed by atoms with van der Waals surface area (Å²) in [5, 5.41) is 7.15. The lowest BCUT2D eigenvalue weighted by Crippen LogP contribution is -2.44. The minimum absolute atomic E-state index is 0.101. The maximum atomic E-state index is 12.6. The number of nitrogens with one attached hydrogen (secondary N) is 1. The van der Waals surface area contributed by atoms with E-state index in [4.69, 9.17) is 9.47 Å². The van der Waals surface area contributed by atoms with E-state index in [9.17, 15) is 4.79 Å². The van der Waals surface area contributed by atoms with E-state index in [0.29, 0.717) is 31.1 Å². The maximum absolute atomic E-state index is 12.6. The van der Waals surface area contributed by atoms with Gasteiger partial charge in [-0.15, -0.1) is 0 Å². The Bertz CT molecular complexity index is 742. The normalized spacial score (nSPS) is 17.2. The van der Waals surface area contributed by atoms with E-state index in [1.807, 2.05) is 18.7 Å². The number of aromatic amines is 1. The maximum Gasteiger partial charge on any atom is 0.278 e. The predicted octanol–water partition coefficient (Wildman–Crippen LogP) is 1.83. The number of H-pyrrole nitrogens is 1.